The summed E-state index contributed by atoms with van der Waals surface area (Å²) in [6.45, 7) is 5.14. The molecule has 3 amide bonds. The van der Waals surface area contributed by atoms with Gasteiger partial charge >= 0.3 is 6.03 Å². The molecule has 0 aliphatic rings. The van der Waals surface area contributed by atoms with Crippen LogP contribution < -0.4 is 16.0 Å². The third-order valence-electron chi connectivity index (χ3n) is 4.21. The lowest BCUT2D eigenvalue weighted by molar-refractivity contribution is 0.0958. The molecule has 2 aromatic carbocycles. The van der Waals surface area contributed by atoms with E-state index in [2.05, 4.69) is 27.5 Å². The van der Waals surface area contributed by atoms with Gasteiger partial charge in [-0.1, -0.05) is 30.3 Å². The summed E-state index contributed by atoms with van der Waals surface area (Å²) >= 11 is 0. The maximum absolute atomic E-state index is 12.1. The van der Waals surface area contributed by atoms with Gasteiger partial charge in [0, 0.05) is 43.3 Å². The highest BCUT2D eigenvalue weighted by Crippen LogP contribution is 2.10. The molecular weight excluding hydrogens is 366 g/mol. The average Bonchev–Trinajstić information content (AvgIpc) is 3.25. The van der Waals surface area contributed by atoms with Crippen molar-refractivity contribution in [2.75, 3.05) is 11.9 Å². The highest BCUT2D eigenvalue weighted by atomic mass is 16.2. The van der Waals surface area contributed by atoms with Crippen LogP contribution in [0.15, 0.2) is 79.9 Å². The van der Waals surface area contributed by atoms with Crippen LogP contribution in [-0.4, -0.2) is 28.0 Å². The van der Waals surface area contributed by atoms with Crippen LogP contribution in [0.5, 0.6) is 0 Å². The Hall–Kier alpha value is -3.87. The Morgan fingerprint density at radius 1 is 1.00 bits per heavy atom. The minimum Gasteiger partial charge on any atom is -0.349 e. The molecule has 0 atom stereocenters. The van der Waals surface area contributed by atoms with Crippen molar-refractivity contribution in [1.29, 1.82) is 0 Å². The molecule has 0 fully saturated rings. The van der Waals surface area contributed by atoms with Crippen molar-refractivity contribution in [3.63, 3.8) is 0 Å². The fourth-order valence-corrected chi connectivity index (χ4v) is 2.68. The number of aromatic nitrogens is 2. The fraction of sp³-hybridized carbons (Fsp3) is 0.136. The molecule has 0 saturated heterocycles. The molecule has 7 nitrogen and oxygen atoms in total. The number of hydrogen-bond acceptors (Lipinski definition) is 3. The fourth-order valence-electron chi connectivity index (χ4n) is 2.68. The first kappa shape index (κ1) is 19.9. The molecule has 3 rings (SSSR count). The monoisotopic (exact) mass is 389 g/mol. The zero-order valence-electron chi connectivity index (χ0n) is 16.0. The van der Waals surface area contributed by atoms with Crippen molar-refractivity contribution in [3.8, 4) is 0 Å². The van der Waals surface area contributed by atoms with Gasteiger partial charge in [-0.05, 0) is 35.4 Å². The van der Waals surface area contributed by atoms with E-state index in [0.29, 0.717) is 24.3 Å². The van der Waals surface area contributed by atoms with Gasteiger partial charge in [0.05, 0.1) is 6.33 Å². The number of benzene rings is 2. The van der Waals surface area contributed by atoms with Gasteiger partial charge in [-0.15, -0.1) is 6.58 Å². The van der Waals surface area contributed by atoms with Crippen molar-refractivity contribution < 1.29 is 9.59 Å². The van der Waals surface area contributed by atoms with E-state index in [0.717, 1.165) is 17.7 Å². The van der Waals surface area contributed by atoms with E-state index in [1.165, 1.54) is 0 Å². The second-order valence-electron chi connectivity index (χ2n) is 6.44. The SMILES string of the molecule is C=CCNC(=O)c1ccc(NC(=O)NCc2ccc(Cn3ccnc3)cc2)cc1. The minimum absolute atomic E-state index is 0.183. The van der Waals surface area contributed by atoms with E-state index in [4.69, 9.17) is 0 Å². The molecule has 3 aromatic rings. The topological polar surface area (TPSA) is 88.0 Å². The largest absolute Gasteiger partial charge is 0.349 e. The Morgan fingerprint density at radius 2 is 1.72 bits per heavy atom. The van der Waals surface area contributed by atoms with Gasteiger partial charge < -0.3 is 20.5 Å². The smallest absolute Gasteiger partial charge is 0.319 e. The second-order valence-corrected chi connectivity index (χ2v) is 6.44. The summed E-state index contributed by atoms with van der Waals surface area (Å²) in [7, 11) is 0. The molecule has 0 spiro atoms. The predicted octanol–water partition coefficient (Wildman–Crippen LogP) is 3.17. The van der Waals surface area contributed by atoms with E-state index in [1.807, 2.05) is 35.0 Å². The molecule has 3 N–H and O–H groups in total. The molecule has 148 valence electrons. The van der Waals surface area contributed by atoms with Crippen LogP contribution in [0.1, 0.15) is 21.5 Å². The quantitative estimate of drug-likeness (QED) is 0.517. The third kappa shape index (κ3) is 6.07. The van der Waals surface area contributed by atoms with Crippen LogP contribution in [0.4, 0.5) is 10.5 Å². The lowest BCUT2D eigenvalue weighted by Crippen LogP contribution is -2.28. The van der Waals surface area contributed by atoms with Crippen molar-refractivity contribution >= 4 is 17.6 Å². The maximum atomic E-state index is 12.1. The summed E-state index contributed by atoms with van der Waals surface area (Å²) in [5.41, 5.74) is 3.30. The number of nitrogens with one attached hydrogen (secondary N) is 3. The van der Waals surface area contributed by atoms with Crippen LogP contribution in [0, 0.1) is 0 Å². The first-order chi connectivity index (χ1) is 14.1. The number of carbonyl (C=O) groups excluding carboxylic acids is 2. The molecular formula is C22H23N5O2. The Bertz CT molecular complexity index is 948. The first-order valence-corrected chi connectivity index (χ1v) is 9.21. The summed E-state index contributed by atoms with van der Waals surface area (Å²) in [4.78, 5) is 28.0. The average molecular weight is 389 g/mol. The number of urea groups is 1. The van der Waals surface area contributed by atoms with Gasteiger partial charge in [-0.25, -0.2) is 9.78 Å². The highest BCUT2D eigenvalue weighted by molar-refractivity contribution is 5.95. The molecule has 29 heavy (non-hydrogen) atoms. The molecule has 0 saturated carbocycles. The van der Waals surface area contributed by atoms with Crippen molar-refractivity contribution in [2.24, 2.45) is 0 Å². The number of nitrogens with zero attached hydrogens (tertiary/aromatic N) is 2. The van der Waals surface area contributed by atoms with Crippen molar-refractivity contribution in [3.05, 3.63) is 96.6 Å². The summed E-state index contributed by atoms with van der Waals surface area (Å²) in [5, 5.41) is 8.28. The Labute approximate surface area is 169 Å². The van der Waals surface area contributed by atoms with E-state index >= 15 is 0 Å². The van der Waals surface area contributed by atoms with E-state index in [1.54, 1.807) is 42.9 Å². The van der Waals surface area contributed by atoms with Gasteiger partial charge in [0.25, 0.3) is 5.91 Å². The summed E-state index contributed by atoms with van der Waals surface area (Å²) in [6, 6.07) is 14.4. The number of amides is 3. The number of hydrogen-bond donors (Lipinski definition) is 3. The molecule has 0 aliphatic heterocycles. The van der Waals surface area contributed by atoms with Crippen LogP contribution in [-0.2, 0) is 13.1 Å². The molecule has 0 aliphatic carbocycles. The van der Waals surface area contributed by atoms with Crippen molar-refractivity contribution in [2.45, 2.75) is 13.1 Å². The highest BCUT2D eigenvalue weighted by Gasteiger charge is 2.06. The minimum atomic E-state index is -0.309. The normalized spacial score (nSPS) is 10.2. The van der Waals surface area contributed by atoms with Crippen LogP contribution >= 0.6 is 0 Å². The molecule has 0 radical (unpaired) electrons. The molecule has 0 unspecified atom stereocenters. The van der Waals surface area contributed by atoms with E-state index in [-0.39, 0.29) is 11.9 Å². The van der Waals surface area contributed by atoms with Gasteiger partial charge in [-0.3, -0.25) is 4.79 Å². The van der Waals surface area contributed by atoms with Gasteiger partial charge in [0.2, 0.25) is 0 Å². The first-order valence-electron chi connectivity index (χ1n) is 9.21. The standard InChI is InChI=1S/C22H23N5O2/c1-2-11-24-21(28)19-7-9-20(10-8-19)26-22(29)25-14-17-3-5-18(6-4-17)15-27-13-12-23-16-27/h2-10,12-13,16H,1,11,14-15H2,(H,24,28)(H2,25,26,29). The van der Waals surface area contributed by atoms with Crippen LogP contribution in [0.2, 0.25) is 0 Å². The lowest BCUT2D eigenvalue weighted by atomic mass is 10.1. The Balaban J connectivity index is 1.45. The van der Waals surface area contributed by atoms with Crippen molar-refractivity contribution in [1.82, 2.24) is 20.2 Å². The third-order valence-corrected chi connectivity index (χ3v) is 4.21. The summed E-state index contributed by atoms with van der Waals surface area (Å²) in [6.07, 6.45) is 7.06. The van der Waals surface area contributed by atoms with Crippen LogP contribution in [0.25, 0.3) is 0 Å². The van der Waals surface area contributed by atoms with Gasteiger partial charge in [0.15, 0.2) is 0 Å². The van der Waals surface area contributed by atoms with Gasteiger partial charge in [-0.2, -0.15) is 0 Å². The zero-order chi connectivity index (χ0) is 20.5. The predicted molar refractivity (Wildman–Crippen MR) is 113 cm³/mol. The second kappa shape index (κ2) is 9.89. The maximum Gasteiger partial charge on any atom is 0.319 e. The van der Waals surface area contributed by atoms with E-state index in [9.17, 15) is 9.59 Å². The Kier molecular flexibility index (Phi) is 6.78. The summed E-state index contributed by atoms with van der Waals surface area (Å²) in [5.74, 6) is -0.183. The van der Waals surface area contributed by atoms with Gasteiger partial charge in [0.1, 0.15) is 0 Å². The number of anilines is 1. The lowest BCUT2D eigenvalue weighted by Gasteiger charge is -2.09. The van der Waals surface area contributed by atoms with Crippen LogP contribution in [0.3, 0.4) is 0 Å². The Morgan fingerprint density at radius 3 is 2.38 bits per heavy atom. The number of carbonyl (C=O) groups is 2. The zero-order valence-corrected chi connectivity index (χ0v) is 16.0. The molecule has 7 heteroatoms. The van der Waals surface area contributed by atoms with E-state index < -0.39 is 0 Å². The molecule has 1 aromatic heterocycles. The molecule has 1 heterocycles. The summed E-state index contributed by atoms with van der Waals surface area (Å²) < 4.78 is 2.00. The molecule has 0 bridgehead atoms. The number of imidazole rings is 1. The number of rotatable bonds is 8.